The molecule has 0 aromatic heterocycles. The molecule has 1 aliphatic rings. The Bertz CT molecular complexity index is 650. The molecule has 1 saturated heterocycles. The van der Waals surface area contributed by atoms with Gasteiger partial charge in [0, 0.05) is 23.8 Å². The SMILES string of the molecule is COC(=O)C[C@@H]1C(=O)NCCN1CC(=O)Nc1ccc(Cl)cc1C. The van der Waals surface area contributed by atoms with Gasteiger partial charge in [0.25, 0.3) is 0 Å². The molecule has 2 amide bonds. The summed E-state index contributed by atoms with van der Waals surface area (Å²) in [6, 6.07) is 4.47. The molecule has 0 bridgehead atoms. The van der Waals surface area contributed by atoms with Crippen LogP contribution in [0.2, 0.25) is 5.02 Å². The normalized spacial score (nSPS) is 18.0. The van der Waals surface area contributed by atoms with Gasteiger partial charge in [0.2, 0.25) is 11.8 Å². The highest BCUT2D eigenvalue weighted by Crippen LogP contribution is 2.19. The molecule has 2 rings (SSSR count). The number of hydrogen-bond donors (Lipinski definition) is 2. The fraction of sp³-hybridized carbons (Fsp3) is 0.438. The maximum Gasteiger partial charge on any atom is 0.307 e. The van der Waals surface area contributed by atoms with E-state index in [1.54, 1.807) is 23.1 Å². The minimum absolute atomic E-state index is 0.0111. The summed E-state index contributed by atoms with van der Waals surface area (Å²) >= 11 is 5.90. The first-order chi connectivity index (χ1) is 11.4. The van der Waals surface area contributed by atoms with Gasteiger partial charge in [-0.25, -0.2) is 0 Å². The molecule has 0 radical (unpaired) electrons. The summed E-state index contributed by atoms with van der Waals surface area (Å²) in [7, 11) is 1.27. The van der Waals surface area contributed by atoms with E-state index in [0.717, 1.165) is 5.56 Å². The number of halogens is 1. The second kappa shape index (κ2) is 8.12. The maximum absolute atomic E-state index is 12.3. The zero-order chi connectivity index (χ0) is 17.7. The molecule has 0 unspecified atom stereocenters. The molecule has 1 aromatic rings. The summed E-state index contributed by atoms with van der Waals surface area (Å²) in [6.07, 6.45) is -0.0877. The summed E-state index contributed by atoms with van der Waals surface area (Å²) in [4.78, 5) is 37.4. The van der Waals surface area contributed by atoms with Crippen LogP contribution in [0.3, 0.4) is 0 Å². The minimum atomic E-state index is -0.705. The van der Waals surface area contributed by atoms with Gasteiger partial charge in [0.15, 0.2) is 0 Å². The summed E-state index contributed by atoms with van der Waals surface area (Å²) in [5, 5.41) is 6.09. The third-order valence-corrected chi connectivity index (χ3v) is 4.07. The first kappa shape index (κ1) is 18.2. The van der Waals surface area contributed by atoms with E-state index in [-0.39, 0.29) is 24.8 Å². The maximum atomic E-state index is 12.3. The van der Waals surface area contributed by atoms with Crippen LogP contribution in [-0.4, -0.2) is 55.5 Å². The molecule has 1 atom stereocenters. The Hall–Kier alpha value is -2.12. The number of nitrogens with zero attached hydrogens (tertiary/aromatic N) is 1. The quantitative estimate of drug-likeness (QED) is 0.769. The van der Waals surface area contributed by atoms with E-state index >= 15 is 0 Å². The fourth-order valence-electron chi connectivity index (χ4n) is 2.56. The summed E-state index contributed by atoms with van der Waals surface area (Å²) < 4.78 is 4.62. The van der Waals surface area contributed by atoms with Gasteiger partial charge in [0.1, 0.15) is 6.04 Å². The molecule has 1 fully saturated rings. The van der Waals surface area contributed by atoms with E-state index in [2.05, 4.69) is 15.4 Å². The van der Waals surface area contributed by atoms with Crippen molar-refractivity contribution in [3.63, 3.8) is 0 Å². The predicted octanol–water partition coefficient (Wildman–Crippen LogP) is 0.950. The summed E-state index contributed by atoms with van der Waals surface area (Å²) in [5.41, 5.74) is 1.51. The number of carbonyl (C=O) groups is 3. The van der Waals surface area contributed by atoms with Crippen LogP contribution in [0, 0.1) is 6.92 Å². The van der Waals surface area contributed by atoms with Gasteiger partial charge in [-0.1, -0.05) is 11.6 Å². The Balaban J connectivity index is 2.02. The lowest BCUT2D eigenvalue weighted by molar-refractivity contribution is -0.146. The van der Waals surface area contributed by atoms with E-state index in [9.17, 15) is 14.4 Å². The smallest absolute Gasteiger partial charge is 0.307 e. The predicted molar refractivity (Wildman–Crippen MR) is 89.8 cm³/mol. The van der Waals surface area contributed by atoms with Crippen molar-refractivity contribution >= 4 is 35.1 Å². The molecule has 1 aromatic carbocycles. The number of amides is 2. The summed E-state index contributed by atoms with van der Waals surface area (Å²) in [6.45, 7) is 2.78. The Morgan fingerprint density at radius 2 is 2.21 bits per heavy atom. The van der Waals surface area contributed by atoms with Crippen molar-refractivity contribution in [1.29, 1.82) is 0 Å². The molecule has 0 aliphatic carbocycles. The topological polar surface area (TPSA) is 87.7 Å². The Morgan fingerprint density at radius 1 is 1.46 bits per heavy atom. The van der Waals surface area contributed by atoms with E-state index in [1.165, 1.54) is 7.11 Å². The molecule has 7 nitrogen and oxygen atoms in total. The van der Waals surface area contributed by atoms with E-state index < -0.39 is 12.0 Å². The van der Waals surface area contributed by atoms with Crippen LogP contribution in [0.1, 0.15) is 12.0 Å². The number of carbonyl (C=O) groups excluding carboxylic acids is 3. The Kier molecular flexibility index (Phi) is 6.16. The molecule has 2 N–H and O–H groups in total. The molecule has 1 aliphatic heterocycles. The Morgan fingerprint density at radius 3 is 2.88 bits per heavy atom. The van der Waals surface area contributed by atoms with Crippen molar-refractivity contribution in [2.45, 2.75) is 19.4 Å². The van der Waals surface area contributed by atoms with Gasteiger partial charge in [-0.2, -0.15) is 0 Å². The number of nitrogens with one attached hydrogen (secondary N) is 2. The fourth-order valence-corrected chi connectivity index (χ4v) is 2.78. The van der Waals surface area contributed by atoms with Gasteiger partial charge >= 0.3 is 5.97 Å². The van der Waals surface area contributed by atoms with Crippen molar-refractivity contribution in [3.05, 3.63) is 28.8 Å². The Labute approximate surface area is 145 Å². The number of esters is 1. The van der Waals surface area contributed by atoms with Gasteiger partial charge in [0.05, 0.1) is 20.1 Å². The molecule has 0 spiro atoms. The highest BCUT2D eigenvalue weighted by molar-refractivity contribution is 6.30. The number of benzene rings is 1. The molecule has 24 heavy (non-hydrogen) atoms. The van der Waals surface area contributed by atoms with Crippen LogP contribution in [0.4, 0.5) is 5.69 Å². The lowest BCUT2D eigenvalue weighted by Gasteiger charge is -2.33. The van der Waals surface area contributed by atoms with Crippen LogP contribution in [0.25, 0.3) is 0 Å². The van der Waals surface area contributed by atoms with Gasteiger partial charge in [-0.3, -0.25) is 19.3 Å². The minimum Gasteiger partial charge on any atom is -0.469 e. The van der Waals surface area contributed by atoms with Gasteiger partial charge in [-0.05, 0) is 30.7 Å². The molecule has 130 valence electrons. The number of aryl methyl sites for hydroxylation is 1. The lowest BCUT2D eigenvalue weighted by Crippen LogP contribution is -2.57. The molecule has 1 heterocycles. The van der Waals surface area contributed by atoms with Crippen LogP contribution in [0.15, 0.2) is 18.2 Å². The van der Waals surface area contributed by atoms with Crippen molar-refractivity contribution in [2.24, 2.45) is 0 Å². The first-order valence-electron chi connectivity index (χ1n) is 7.55. The standard InChI is InChI=1S/C16H20ClN3O4/c1-10-7-11(17)3-4-12(10)19-14(21)9-20-6-5-18-16(23)13(20)8-15(22)24-2/h3-4,7,13H,5-6,8-9H2,1-2H3,(H,18,23)(H,19,21)/t13-/m1/s1. The zero-order valence-electron chi connectivity index (χ0n) is 13.6. The van der Waals surface area contributed by atoms with Crippen LogP contribution in [0.5, 0.6) is 0 Å². The molecular weight excluding hydrogens is 334 g/mol. The van der Waals surface area contributed by atoms with Crippen LogP contribution >= 0.6 is 11.6 Å². The number of piperazine rings is 1. The number of methoxy groups -OCH3 is 1. The second-order valence-electron chi connectivity index (χ2n) is 5.56. The average molecular weight is 354 g/mol. The molecule has 0 saturated carbocycles. The molecular formula is C16H20ClN3O4. The molecule has 8 heteroatoms. The van der Waals surface area contributed by atoms with E-state index in [1.807, 2.05) is 6.92 Å². The summed E-state index contributed by atoms with van der Waals surface area (Å²) in [5.74, 6) is -1.02. The number of ether oxygens (including phenoxy) is 1. The zero-order valence-corrected chi connectivity index (χ0v) is 14.4. The van der Waals surface area contributed by atoms with Gasteiger partial charge in [-0.15, -0.1) is 0 Å². The monoisotopic (exact) mass is 353 g/mol. The van der Waals surface area contributed by atoms with Crippen LogP contribution in [-0.2, 0) is 19.1 Å². The van der Waals surface area contributed by atoms with Crippen molar-refractivity contribution in [1.82, 2.24) is 10.2 Å². The second-order valence-corrected chi connectivity index (χ2v) is 6.00. The van der Waals surface area contributed by atoms with E-state index in [4.69, 9.17) is 11.6 Å². The lowest BCUT2D eigenvalue weighted by atomic mass is 10.1. The number of rotatable bonds is 5. The average Bonchev–Trinajstić information content (AvgIpc) is 2.53. The highest BCUT2D eigenvalue weighted by atomic mass is 35.5. The van der Waals surface area contributed by atoms with Crippen molar-refractivity contribution < 1.29 is 19.1 Å². The van der Waals surface area contributed by atoms with E-state index in [0.29, 0.717) is 23.8 Å². The first-order valence-corrected chi connectivity index (χ1v) is 7.93. The van der Waals surface area contributed by atoms with Crippen molar-refractivity contribution in [2.75, 3.05) is 32.1 Å². The van der Waals surface area contributed by atoms with Crippen LogP contribution < -0.4 is 10.6 Å². The third-order valence-electron chi connectivity index (χ3n) is 3.84. The van der Waals surface area contributed by atoms with Crippen molar-refractivity contribution in [3.8, 4) is 0 Å². The number of anilines is 1. The van der Waals surface area contributed by atoms with Gasteiger partial charge < -0.3 is 15.4 Å². The largest absolute Gasteiger partial charge is 0.469 e. The number of hydrogen-bond acceptors (Lipinski definition) is 5. The highest BCUT2D eigenvalue weighted by Gasteiger charge is 2.33. The third kappa shape index (κ3) is 4.69.